The highest BCUT2D eigenvalue weighted by Gasteiger charge is 1.93. The summed E-state index contributed by atoms with van der Waals surface area (Å²) in [6.45, 7) is 3.95. The fourth-order valence-electron chi connectivity index (χ4n) is 1.95. The standard InChI is InChI=1S/C16H27N3.HI/c1-2-3-4-8-13-18-16(17)19-14-9-12-15-10-6-5-7-11-15;/h5-7,10-11H,2-4,8-9,12-14H2,1H3,(H3,17,18,19);1H. The SMILES string of the molecule is CCCCCCNC(N)=NCCCc1ccccc1.I. The molecular weight excluding hydrogens is 361 g/mol. The minimum atomic E-state index is 0. The van der Waals surface area contributed by atoms with Crippen molar-refractivity contribution >= 4 is 29.9 Å². The highest BCUT2D eigenvalue weighted by atomic mass is 127. The van der Waals surface area contributed by atoms with Crippen LogP contribution in [-0.2, 0) is 6.42 Å². The van der Waals surface area contributed by atoms with Gasteiger partial charge < -0.3 is 11.1 Å². The quantitative estimate of drug-likeness (QED) is 0.293. The minimum Gasteiger partial charge on any atom is -0.370 e. The molecule has 3 nitrogen and oxygen atoms in total. The lowest BCUT2D eigenvalue weighted by Gasteiger charge is -2.05. The van der Waals surface area contributed by atoms with Crippen molar-refractivity contribution in [2.45, 2.75) is 45.4 Å². The lowest BCUT2D eigenvalue weighted by Crippen LogP contribution is -2.32. The molecule has 0 amide bonds. The van der Waals surface area contributed by atoms with Crippen LogP contribution >= 0.6 is 24.0 Å². The van der Waals surface area contributed by atoms with Crippen LogP contribution in [0.25, 0.3) is 0 Å². The molecule has 0 radical (unpaired) electrons. The predicted octanol–water partition coefficient (Wildman–Crippen LogP) is 3.72. The lowest BCUT2D eigenvalue weighted by atomic mass is 10.1. The fraction of sp³-hybridized carbons (Fsp3) is 0.562. The predicted molar refractivity (Wildman–Crippen MR) is 98.8 cm³/mol. The van der Waals surface area contributed by atoms with E-state index in [9.17, 15) is 0 Å². The van der Waals surface area contributed by atoms with Crippen LogP contribution in [0.1, 0.15) is 44.6 Å². The zero-order valence-corrected chi connectivity index (χ0v) is 14.8. The van der Waals surface area contributed by atoms with Crippen LogP contribution in [-0.4, -0.2) is 19.0 Å². The molecule has 0 fully saturated rings. The molecule has 0 aliphatic rings. The summed E-state index contributed by atoms with van der Waals surface area (Å²) in [5.41, 5.74) is 7.17. The number of benzene rings is 1. The van der Waals surface area contributed by atoms with E-state index >= 15 is 0 Å². The van der Waals surface area contributed by atoms with E-state index in [-0.39, 0.29) is 24.0 Å². The first-order valence-electron chi connectivity index (χ1n) is 7.40. The Labute approximate surface area is 140 Å². The molecule has 0 saturated heterocycles. The third-order valence-corrected chi connectivity index (χ3v) is 3.08. The van der Waals surface area contributed by atoms with Crippen molar-refractivity contribution in [3.63, 3.8) is 0 Å². The molecule has 3 N–H and O–H groups in total. The van der Waals surface area contributed by atoms with Gasteiger partial charge in [-0.25, -0.2) is 0 Å². The molecule has 0 atom stereocenters. The van der Waals surface area contributed by atoms with Crippen molar-refractivity contribution in [1.29, 1.82) is 0 Å². The number of rotatable bonds is 9. The second-order valence-corrected chi connectivity index (χ2v) is 4.84. The molecule has 0 heterocycles. The molecule has 1 aromatic carbocycles. The summed E-state index contributed by atoms with van der Waals surface area (Å²) in [5.74, 6) is 0.588. The molecule has 114 valence electrons. The summed E-state index contributed by atoms with van der Waals surface area (Å²) in [4.78, 5) is 4.34. The number of halogens is 1. The molecule has 0 saturated carbocycles. The molecule has 0 aliphatic heterocycles. The number of nitrogens with one attached hydrogen (secondary N) is 1. The van der Waals surface area contributed by atoms with E-state index in [1.807, 2.05) is 6.07 Å². The van der Waals surface area contributed by atoms with Crippen LogP contribution < -0.4 is 11.1 Å². The van der Waals surface area contributed by atoms with Crippen LogP contribution in [0.2, 0.25) is 0 Å². The third-order valence-electron chi connectivity index (χ3n) is 3.08. The van der Waals surface area contributed by atoms with Gasteiger partial charge in [-0.1, -0.05) is 56.5 Å². The Balaban J connectivity index is 0.00000361. The topological polar surface area (TPSA) is 50.4 Å². The monoisotopic (exact) mass is 389 g/mol. The number of nitrogens with zero attached hydrogens (tertiary/aromatic N) is 1. The van der Waals surface area contributed by atoms with Crippen LogP contribution in [0.15, 0.2) is 35.3 Å². The van der Waals surface area contributed by atoms with Gasteiger partial charge in [-0.3, -0.25) is 4.99 Å². The molecule has 4 heteroatoms. The number of aryl methyl sites for hydroxylation is 1. The Kier molecular flexibility index (Phi) is 12.7. The van der Waals surface area contributed by atoms with Crippen LogP contribution in [0.4, 0.5) is 0 Å². The molecule has 20 heavy (non-hydrogen) atoms. The molecule has 0 unspecified atom stereocenters. The third kappa shape index (κ3) is 10.1. The van der Waals surface area contributed by atoms with Crippen molar-refractivity contribution in [2.24, 2.45) is 10.7 Å². The lowest BCUT2D eigenvalue weighted by molar-refractivity contribution is 0.652. The number of nitrogens with two attached hydrogens (primary N) is 1. The maximum Gasteiger partial charge on any atom is 0.188 e. The van der Waals surface area contributed by atoms with Gasteiger partial charge in [0, 0.05) is 13.1 Å². The smallest absolute Gasteiger partial charge is 0.188 e. The average molecular weight is 389 g/mol. The fourth-order valence-corrected chi connectivity index (χ4v) is 1.95. The van der Waals surface area contributed by atoms with E-state index in [4.69, 9.17) is 5.73 Å². The van der Waals surface area contributed by atoms with Gasteiger partial charge in [-0.2, -0.15) is 0 Å². The van der Waals surface area contributed by atoms with E-state index in [0.29, 0.717) is 5.96 Å². The zero-order chi connectivity index (χ0) is 13.8. The Hall–Kier alpha value is -0.780. The Morgan fingerprint density at radius 2 is 1.85 bits per heavy atom. The average Bonchev–Trinajstić information content (AvgIpc) is 2.44. The number of guanidine groups is 1. The summed E-state index contributed by atoms with van der Waals surface area (Å²) >= 11 is 0. The van der Waals surface area contributed by atoms with Crippen molar-refractivity contribution < 1.29 is 0 Å². The first-order valence-corrected chi connectivity index (χ1v) is 7.40. The normalized spacial score (nSPS) is 10.9. The number of aliphatic imine (C=N–C) groups is 1. The van der Waals surface area contributed by atoms with Gasteiger partial charge in [0.2, 0.25) is 0 Å². The van der Waals surface area contributed by atoms with E-state index in [0.717, 1.165) is 25.9 Å². The first-order chi connectivity index (χ1) is 9.33. The van der Waals surface area contributed by atoms with Gasteiger partial charge in [0.15, 0.2) is 5.96 Å². The summed E-state index contributed by atoms with van der Waals surface area (Å²) in [5, 5.41) is 3.17. The van der Waals surface area contributed by atoms with Crippen molar-refractivity contribution in [1.82, 2.24) is 5.32 Å². The molecule has 0 bridgehead atoms. The first kappa shape index (κ1) is 19.2. The van der Waals surface area contributed by atoms with E-state index in [1.165, 1.54) is 31.2 Å². The molecule has 1 aromatic rings. The van der Waals surface area contributed by atoms with Gasteiger partial charge in [0.05, 0.1) is 0 Å². The maximum atomic E-state index is 5.81. The maximum absolute atomic E-state index is 5.81. The molecule has 0 aromatic heterocycles. The van der Waals surface area contributed by atoms with E-state index < -0.39 is 0 Å². The minimum absolute atomic E-state index is 0. The number of hydrogen-bond donors (Lipinski definition) is 2. The highest BCUT2D eigenvalue weighted by Crippen LogP contribution is 2.02. The molecule has 1 rings (SSSR count). The van der Waals surface area contributed by atoms with Gasteiger partial charge >= 0.3 is 0 Å². The number of hydrogen-bond acceptors (Lipinski definition) is 1. The summed E-state index contributed by atoms with van der Waals surface area (Å²) < 4.78 is 0. The van der Waals surface area contributed by atoms with Crippen molar-refractivity contribution in [3.8, 4) is 0 Å². The Bertz CT molecular complexity index is 352. The van der Waals surface area contributed by atoms with E-state index in [2.05, 4.69) is 41.5 Å². The molecular formula is C16H28IN3. The van der Waals surface area contributed by atoms with Crippen LogP contribution in [0, 0.1) is 0 Å². The molecule has 0 spiro atoms. The highest BCUT2D eigenvalue weighted by molar-refractivity contribution is 14.0. The Morgan fingerprint density at radius 1 is 1.10 bits per heavy atom. The second-order valence-electron chi connectivity index (χ2n) is 4.84. The summed E-state index contributed by atoms with van der Waals surface area (Å²) in [7, 11) is 0. The van der Waals surface area contributed by atoms with Gasteiger partial charge in [-0.05, 0) is 24.8 Å². The largest absolute Gasteiger partial charge is 0.370 e. The molecule has 0 aliphatic carbocycles. The number of unbranched alkanes of at least 4 members (excludes halogenated alkanes) is 3. The zero-order valence-electron chi connectivity index (χ0n) is 12.5. The van der Waals surface area contributed by atoms with Gasteiger partial charge in [0.1, 0.15) is 0 Å². The van der Waals surface area contributed by atoms with Crippen LogP contribution in [0.5, 0.6) is 0 Å². The van der Waals surface area contributed by atoms with Crippen LogP contribution in [0.3, 0.4) is 0 Å². The second kappa shape index (κ2) is 13.2. The van der Waals surface area contributed by atoms with Crippen molar-refractivity contribution in [3.05, 3.63) is 35.9 Å². The summed E-state index contributed by atoms with van der Waals surface area (Å²) in [6, 6.07) is 10.5. The van der Waals surface area contributed by atoms with Gasteiger partial charge in [0.25, 0.3) is 0 Å². The van der Waals surface area contributed by atoms with Gasteiger partial charge in [-0.15, -0.1) is 24.0 Å². The van der Waals surface area contributed by atoms with E-state index in [1.54, 1.807) is 0 Å². The summed E-state index contributed by atoms with van der Waals surface area (Å²) in [6.07, 6.45) is 7.12. The Morgan fingerprint density at radius 3 is 2.55 bits per heavy atom. The van der Waals surface area contributed by atoms with Crippen molar-refractivity contribution in [2.75, 3.05) is 13.1 Å².